The Kier molecular flexibility index (Phi) is 1.84. The Labute approximate surface area is 40.3 Å². The van der Waals surface area contributed by atoms with E-state index in [2.05, 4.69) is 11.5 Å². The van der Waals surface area contributed by atoms with Crippen molar-refractivity contribution in [2.75, 3.05) is 0 Å². The Bertz CT molecular complexity index is 107. The second kappa shape index (κ2) is 2.17. The zero-order valence-electron chi connectivity index (χ0n) is 3.61. The molecular formula is C3H6FN3. The normalized spacial score (nSPS) is 11.3. The molecule has 0 heterocycles. The van der Waals surface area contributed by atoms with Crippen molar-refractivity contribution in [1.29, 1.82) is 5.41 Å². The highest BCUT2D eigenvalue weighted by Gasteiger charge is 1.91. The van der Waals surface area contributed by atoms with Crippen LogP contribution in [-0.2, 0) is 0 Å². The van der Waals surface area contributed by atoms with Gasteiger partial charge in [-0.1, -0.05) is 0 Å². The molecule has 5 N–H and O–H groups in total. The summed E-state index contributed by atoms with van der Waals surface area (Å²) >= 11 is 0. The van der Waals surface area contributed by atoms with Crippen molar-refractivity contribution in [2.24, 2.45) is 11.5 Å². The SMILES string of the molecule is N=C(N)C(F)=CN. The summed E-state index contributed by atoms with van der Waals surface area (Å²) in [5.74, 6) is -1.53. The lowest BCUT2D eigenvalue weighted by atomic mass is 10.5. The summed E-state index contributed by atoms with van der Waals surface area (Å²) in [6.07, 6.45) is 0.641. The van der Waals surface area contributed by atoms with Crippen LogP contribution in [0.15, 0.2) is 12.0 Å². The third kappa shape index (κ3) is 1.75. The first-order chi connectivity index (χ1) is 3.18. The molecule has 0 aromatic carbocycles. The van der Waals surface area contributed by atoms with Crippen LogP contribution in [0.2, 0.25) is 0 Å². The summed E-state index contributed by atoms with van der Waals surface area (Å²) in [6.45, 7) is 0. The quantitative estimate of drug-likeness (QED) is 0.314. The maximum atomic E-state index is 11.6. The van der Waals surface area contributed by atoms with E-state index < -0.39 is 11.7 Å². The lowest BCUT2D eigenvalue weighted by Gasteiger charge is -1.85. The van der Waals surface area contributed by atoms with Gasteiger partial charge in [0.2, 0.25) is 0 Å². The summed E-state index contributed by atoms with van der Waals surface area (Å²) in [5.41, 5.74) is 9.22. The fourth-order valence-corrected chi connectivity index (χ4v) is 0.0898. The molecule has 0 atom stereocenters. The molecule has 40 valence electrons. The van der Waals surface area contributed by atoms with Gasteiger partial charge in [0.25, 0.3) is 0 Å². The number of rotatable bonds is 1. The molecule has 0 saturated carbocycles. The van der Waals surface area contributed by atoms with Gasteiger partial charge in [0, 0.05) is 6.20 Å². The van der Waals surface area contributed by atoms with Gasteiger partial charge in [-0.25, -0.2) is 4.39 Å². The molecule has 0 unspecified atom stereocenters. The number of amidine groups is 1. The molecule has 0 radical (unpaired) electrons. The minimum atomic E-state index is -0.889. The van der Waals surface area contributed by atoms with Crippen LogP contribution in [0.3, 0.4) is 0 Å². The van der Waals surface area contributed by atoms with Gasteiger partial charge in [0.05, 0.1) is 0 Å². The van der Waals surface area contributed by atoms with E-state index in [9.17, 15) is 4.39 Å². The Balaban J connectivity index is 3.82. The van der Waals surface area contributed by atoms with Gasteiger partial charge in [-0.05, 0) is 0 Å². The van der Waals surface area contributed by atoms with Gasteiger partial charge in [-0.2, -0.15) is 0 Å². The monoisotopic (exact) mass is 103 g/mol. The first kappa shape index (κ1) is 5.94. The Morgan fingerprint density at radius 3 is 2.14 bits per heavy atom. The van der Waals surface area contributed by atoms with E-state index in [1.54, 1.807) is 0 Å². The Morgan fingerprint density at radius 1 is 1.71 bits per heavy atom. The molecule has 0 aromatic rings. The minimum Gasteiger partial charge on any atom is -0.402 e. The molecule has 0 aliphatic carbocycles. The van der Waals surface area contributed by atoms with E-state index in [4.69, 9.17) is 5.41 Å². The number of nitrogens with one attached hydrogen (secondary N) is 1. The van der Waals surface area contributed by atoms with Gasteiger partial charge in [0.15, 0.2) is 11.7 Å². The number of nitrogens with two attached hydrogens (primary N) is 2. The average molecular weight is 103 g/mol. The average Bonchev–Trinajstić information content (AvgIpc) is 1.65. The summed E-state index contributed by atoms with van der Waals surface area (Å²) < 4.78 is 11.6. The largest absolute Gasteiger partial charge is 0.402 e. The fraction of sp³-hybridized carbons (Fsp3) is 0. The summed E-state index contributed by atoms with van der Waals surface area (Å²) in [6, 6.07) is 0. The standard InChI is InChI=1S/C3H6FN3/c4-2(1-5)3(6)7/h1H,5H2,(H3,6,7). The molecule has 0 bridgehead atoms. The first-order valence-corrected chi connectivity index (χ1v) is 1.60. The first-order valence-electron chi connectivity index (χ1n) is 1.60. The molecule has 7 heavy (non-hydrogen) atoms. The second-order valence-corrected chi connectivity index (χ2v) is 0.928. The van der Waals surface area contributed by atoms with Gasteiger partial charge < -0.3 is 11.5 Å². The molecule has 0 rings (SSSR count). The molecule has 4 heteroatoms. The predicted molar refractivity (Wildman–Crippen MR) is 25.3 cm³/mol. The highest BCUT2D eigenvalue weighted by Crippen LogP contribution is 1.87. The zero-order chi connectivity index (χ0) is 5.86. The van der Waals surface area contributed by atoms with E-state index >= 15 is 0 Å². The van der Waals surface area contributed by atoms with Crippen LogP contribution in [0.1, 0.15) is 0 Å². The van der Waals surface area contributed by atoms with E-state index in [-0.39, 0.29) is 0 Å². The number of halogens is 1. The predicted octanol–water partition coefficient (Wildman–Crippen LogP) is -0.308. The maximum Gasteiger partial charge on any atom is 0.179 e. The van der Waals surface area contributed by atoms with Crippen molar-refractivity contribution in [1.82, 2.24) is 0 Å². The highest BCUT2D eigenvalue weighted by atomic mass is 19.1. The van der Waals surface area contributed by atoms with Gasteiger partial charge in [-0.3, -0.25) is 5.41 Å². The van der Waals surface area contributed by atoms with Crippen molar-refractivity contribution in [3.63, 3.8) is 0 Å². The highest BCUT2D eigenvalue weighted by molar-refractivity contribution is 5.91. The lowest BCUT2D eigenvalue weighted by Crippen LogP contribution is -2.10. The molecule has 0 fully saturated rings. The van der Waals surface area contributed by atoms with Gasteiger partial charge >= 0.3 is 0 Å². The third-order valence-corrected chi connectivity index (χ3v) is 0.404. The Hall–Kier alpha value is -1.06. The van der Waals surface area contributed by atoms with Gasteiger partial charge in [-0.15, -0.1) is 0 Å². The molecule has 0 spiro atoms. The third-order valence-electron chi connectivity index (χ3n) is 0.404. The smallest absolute Gasteiger partial charge is 0.179 e. The number of hydrogen-bond donors (Lipinski definition) is 3. The second-order valence-electron chi connectivity index (χ2n) is 0.928. The van der Waals surface area contributed by atoms with Crippen molar-refractivity contribution in [2.45, 2.75) is 0 Å². The van der Waals surface area contributed by atoms with E-state index in [0.717, 1.165) is 0 Å². The fourth-order valence-electron chi connectivity index (χ4n) is 0.0898. The lowest BCUT2D eigenvalue weighted by molar-refractivity contribution is 0.674. The maximum absolute atomic E-state index is 11.6. The zero-order valence-corrected chi connectivity index (χ0v) is 3.61. The molecular weight excluding hydrogens is 97.1 g/mol. The molecule has 3 nitrogen and oxygen atoms in total. The molecule has 0 saturated heterocycles. The molecule has 0 aromatic heterocycles. The summed E-state index contributed by atoms with van der Waals surface area (Å²) in [4.78, 5) is 0. The molecule has 0 amide bonds. The van der Waals surface area contributed by atoms with Crippen LogP contribution < -0.4 is 11.5 Å². The topological polar surface area (TPSA) is 75.9 Å². The van der Waals surface area contributed by atoms with Crippen LogP contribution in [0.5, 0.6) is 0 Å². The van der Waals surface area contributed by atoms with Crippen LogP contribution in [0.4, 0.5) is 4.39 Å². The van der Waals surface area contributed by atoms with Crippen molar-refractivity contribution < 1.29 is 4.39 Å². The van der Waals surface area contributed by atoms with Crippen molar-refractivity contribution >= 4 is 5.84 Å². The van der Waals surface area contributed by atoms with Crippen LogP contribution >= 0.6 is 0 Å². The van der Waals surface area contributed by atoms with Crippen LogP contribution in [-0.4, -0.2) is 5.84 Å². The minimum absolute atomic E-state index is 0.637. The van der Waals surface area contributed by atoms with E-state index in [1.165, 1.54) is 0 Å². The Morgan fingerprint density at radius 2 is 2.14 bits per heavy atom. The molecule has 0 aliphatic rings. The molecule has 0 aliphatic heterocycles. The number of hydrogen-bond acceptors (Lipinski definition) is 2. The van der Waals surface area contributed by atoms with Gasteiger partial charge in [0.1, 0.15) is 0 Å². The van der Waals surface area contributed by atoms with E-state index in [0.29, 0.717) is 6.20 Å². The van der Waals surface area contributed by atoms with Crippen LogP contribution in [0.25, 0.3) is 0 Å². The summed E-state index contributed by atoms with van der Waals surface area (Å²) in [5, 5.41) is 6.35. The van der Waals surface area contributed by atoms with Crippen molar-refractivity contribution in [3.05, 3.63) is 12.0 Å². The van der Waals surface area contributed by atoms with E-state index in [1.807, 2.05) is 0 Å². The summed E-state index contributed by atoms with van der Waals surface area (Å²) in [7, 11) is 0. The van der Waals surface area contributed by atoms with Crippen LogP contribution in [0, 0.1) is 5.41 Å². The van der Waals surface area contributed by atoms with Crippen molar-refractivity contribution in [3.8, 4) is 0 Å².